The van der Waals surface area contributed by atoms with Gasteiger partial charge in [0.2, 0.25) is 0 Å². The molecule has 0 bridgehead atoms. The van der Waals surface area contributed by atoms with Gasteiger partial charge in [0.05, 0.1) is 5.70 Å². The summed E-state index contributed by atoms with van der Waals surface area (Å²) >= 11 is 0. The van der Waals surface area contributed by atoms with Crippen LogP contribution in [0.3, 0.4) is 0 Å². The topological polar surface area (TPSA) is 41.9 Å². The molecule has 1 heterocycles. The second-order valence-electron chi connectivity index (χ2n) is 14.2. The molecule has 262 valence electrons. The molecule has 2 unspecified atom stereocenters. The Kier molecular flexibility index (Phi) is 16.0. The highest BCUT2D eigenvalue weighted by atomic mass is 15.1. The summed E-state index contributed by atoms with van der Waals surface area (Å²) < 4.78 is 0. The third-order valence-electron chi connectivity index (χ3n) is 10.8. The van der Waals surface area contributed by atoms with Crippen LogP contribution >= 0.6 is 0 Å². The van der Waals surface area contributed by atoms with Crippen molar-refractivity contribution in [2.45, 2.75) is 139 Å². The van der Waals surface area contributed by atoms with E-state index in [9.17, 15) is 0 Å². The van der Waals surface area contributed by atoms with Gasteiger partial charge in [-0.05, 0) is 112 Å². The molecule has 0 aliphatic rings. The van der Waals surface area contributed by atoms with Crippen LogP contribution in [0.2, 0.25) is 0 Å². The molecule has 0 saturated heterocycles. The zero-order valence-electron chi connectivity index (χ0n) is 32.5. The van der Waals surface area contributed by atoms with E-state index >= 15 is 0 Å². The van der Waals surface area contributed by atoms with Gasteiger partial charge in [-0.3, -0.25) is 0 Å². The van der Waals surface area contributed by atoms with Gasteiger partial charge in [0.15, 0.2) is 17.5 Å². The van der Waals surface area contributed by atoms with E-state index in [4.69, 9.17) is 15.0 Å². The normalized spacial score (nSPS) is 13.4. The average molecular weight is 651 g/mol. The summed E-state index contributed by atoms with van der Waals surface area (Å²) in [6, 6.07) is 9.15. The monoisotopic (exact) mass is 651 g/mol. The van der Waals surface area contributed by atoms with Crippen molar-refractivity contribution >= 4 is 5.70 Å². The first kappa shape index (κ1) is 39.2. The standard InChI is InChI=1S/C44H66N4/c1-12-17-20-35(15-4)23-25-37-27-29-39(33(8)31(37)6)42-45-43(47-44(46-42)41(48(10)11)22-19-14-3)40-30-28-38(32(7)34(40)9)26-24-36(16-5)21-18-13-2/h14,19,22,27-30,35-36H,12-13,15-18,20-21,23-26H2,1-11H3/b19-14?,41-22-. The Hall–Kier alpha value is -3.27. The minimum atomic E-state index is 0.698. The van der Waals surface area contributed by atoms with Crippen LogP contribution < -0.4 is 0 Å². The maximum Gasteiger partial charge on any atom is 0.180 e. The quantitative estimate of drug-likeness (QED) is 0.121. The second-order valence-corrected chi connectivity index (χ2v) is 14.2. The Balaban J connectivity index is 2.08. The molecule has 0 spiro atoms. The fraction of sp³-hybridized carbons (Fsp3) is 0.568. The van der Waals surface area contributed by atoms with Crippen molar-refractivity contribution < 1.29 is 0 Å². The van der Waals surface area contributed by atoms with Crippen molar-refractivity contribution in [1.29, 1.82) is 0 Å². The van der Waals surface area contributed by atoms with Crippen LogP contribution in [0.1, 0.15) is 138 Å². The first-order valence-corrected chi connectivity index (χ1v) is 19.0. The molecule has 2 aromatic carbocycles. The average Bonchev–Trinajstić information content (AvgIpc) is 3.08. The van der Waals surface area contributed by atoms with Crippen LogP contribution in [-0.2, 0) is 12.8 Å². The number of rotatable bonds is 19. The van der Waals surface area contributed by atoms with Crippen LogP contribution in [0, 0.1) is 39.5 Å². The van der Waals surface area contributed by atoms with E-state index in [1.54, 1.807) is 0 Å². The third-order valence-corrected chi connectivity index (χ3v) is 10.8. The summed E-state index contributed by atoms with van der Waals surface area (Å²) in [5, 5.41) is 0. The molecule has 0 radical (unpaired) electrons. The smallest absolute Gasteiger partial charge is 0.180 e. The van der Waals surface area contributed by atoms with Gasteiger partial charge in [0, 0.05) is 25.2 Å². The van der Waals surface area contributed by atoms with Crippen LogP contribution in [0.25, 0.3) is 28.5 Å². The van der Waals surface area contributed by atoms with E-state index in [0.29, 0.717) is 5.82 Å². The van der Waals surface area contributed by atoms with Crippen molar-refractivity contribution in [3.63, 3.8) is 0 Å². The molecule has 2 atom stereocenters. The molecular formula is C44H66N4. The number of unbranched alkanes of at least 4 members (excludes halogenated alkanes) is 2. The van der Waals surface area contributed by atoms with Crippen LogP contribution in [0.5, 0.6) is 0 Å². The van der Waals surface area contributed by atoms with Gasteiger partial charge in [-0.15, -0.1) is 0 Å². The lowest BCUT2D eigenvalue weighted by Gasteiger charge is -2.20. The van der Waals surface area contributed by atoms with Gasteiger partial charge < -0.3 is 4.90 Å². The number of hydrogen-bond acceptors (Lipinski definition) is 4. The Morgan fingerprint density at radius 2 is 1.10 bits per heavy atom. The maximum absolute atomic E-state index is 5.22. The number of nitrogens with zero attached hydrogens (tertiary/aromatic N) is 4. The zero-order valence-corrected chi connectivity index (χ0v) is 32.5. The van der Waals surface area contributed by atoms with Crippen molar-refractivity contribution in [1.82, 2.24) is 19.9 Å². The number of aryl methyl sites for hydroxylation is 2. The van der Waals surface area contributed by atoms with Crippen LogP contribution in [-0.4, -0.2) is 33.9 Å². The predicted octanol–water partition coefficient (Wildman–Crippen LogP) is 12.2. The van der Waals surface area contributed by atoms with Gasteiger partial charge in [-0.25, -0.2) is 15.0 Å². The van der Waals surface area contributed by atoms with Crippen molar-refractivity contribution in [2.24, 2.45) is 11.8 Å². The summed E-state index contributed by atoms with van der Waals surface area (Å²) in [5.41, 5.74) is 11.3. The largest absolute Gasteiger partial charge is 0.375 e. The SMILES string of the molecule is CC=C/C=C(/c1nc(-c2ccc(CCC(CC)CCCC)c(C)c2C)nc(-c2ccc(CCC(CC)CCCC)c(C)c2C)n1)N(C)C. The molecule has 4 heteroatoms. The lowest BCUT2D eigenvalue weighted by Crippen LogP contribution is -2.14. The van der Waals surface area contributed by atoms with E-state index in [0.717, 1.165) is 53.2 Å². The number of benzene rings is 2. The summed E-state index contributed by atoms with van der Waals surface area (Å²) in [6.45, 7) is 20.3. The van der Waals surface area contributed by atoms with Gasteiger partial charge in [0.25, 0.3) is 0 Å². The molecule has 3 aromatic rings. The highest BCUT2D eigenvalue weighted by molar-refractivity contribution is 5.71. The van der Waals surface area contributed by atoms with Gasteiger partial charge in [-0.1, -0.05) is 115 Å². The third kappa shape index (κ3) is 10.4. The fourth-order valence-corrected chi connectivity index (χ4v) is 6.93. The van der Waals surface area contributed by atoms with Crippen molar-refractivity contribution in [3.05, 3.63) is 81.7 Å². The number of allylic oxidation sites excluding steroid dienone is 3. The van der Waals surface area contributed by atoms with Crippen LogP contribution in [0.15, 0.2) is 42.5 Å². The first-order valence-electron chi connectivity index (χ1n) is 19.0. The summed E-state index contributed by atoms with van der Waals surface area (Å²) in [7, 11) is 4.11. The summed E-state index contributed by atoms with van der Waals surface area (Å²) in [5.74, 6) is 3.79. The Morgan fingerprint density at radius 1 is 0.646 bits per heavy atom. The van der Waals surface area contributed by atoms with E-state index < -0.39 is 0 Å². The minimum absolute atomic E-state index is 0.698. The summed E-state index contributed by atoms with van der Waals surface area (Å²) in [6.07, 6.45) is 21.4. The molecule has 1 aromatic heterocycles. The maximum atomic E-state index is 5.22. The number of hydrogen-bond donors (Lipinski definition) is 0. The predicted molar refractivity (Wildman–Crippen MR) is 209 cm³/mol. The number of aromatic nitrogens is 3. The molecule has 48 heavy (non-hydrogen) atoms. The van der Waals surface area contributed by atoms with Gasteiger partial charge in [0.1, 0.15) is 0 Å². The van der Waals surface area contributed by atoms with Crippen LogP contribution in [0.4, 0.5) is 0 Å². The van der Waals surface area contributed by atoms with E-state index in [1.807, 2.05) is 13.0 Å². The lowest BCUT2D eigenvalue weighted by molar-refractivity contribution is 0.421. The fourth-order valence-electron chi connectivity index (χ4n) is 6.93. The molecule has 0 amide bonds. The highest BCUT2D eigenvalue weighted by Crippen LogP contribution is 2.32. The van der Waals surface area contributed by atoms with E-state index in [-0.39, 0.29) is 0 Å². The molecule has 0 aliphatic heterocycles. The first-order chi connectivity index (χ1) is 23.1. The van der Waals surface area contributed by atoms with Gasteiger partial charge >= 0.3 is 0 Å². The van der Waals surface area contributed by atoms with Gasteiger partial charge in [-0.2, -0.15) is 0 Å². The Labute approximate surface area is 294 Å². The van der Waals surface area contributed by atoms with E-state index in [2.05, 4.69) is 111 Å². The molecule has 3 rings (SSSR count). The molecular weight excluding hydrogens is 585 g/mol. The molecule has 0 saturated carbocycles. The second kappa shape index (κ2) is 19.7. The van der Waals surface area contributed by atoms with E-state index in [1.165, 1.54) is 97.6 Å². The molecule has 4 nitrogen and oxygen atoms in total. The minimum Gasteiger partial charge on any atom is -0.375 e. The van der Waals surface area contributed by atoms with Crippen molar-refractivity contribution in [2.75, 3.05) is 14.1 Å². The Morgan fingerprint density at radius 3 is 1.48 bits per heavy atom. The van der Waals surface area contributed by atoms with Crippen molar-refractivity contribution in [3.8, 4) is 22.8 Å². The highest BCUT2D eigenvalue weighted by Gasteiger charge is 2.20. The zero-order chi connectivity index (χ0) is 35.2. The molecule has 0 N–H and O–H groups in total. The Bertz CT molecular complexity index is 1420. The summed E-state index contributed by atoms with van der Waals surface area (Å²) in [4.78, 5) is 17.6. The lowest BCUT2D eigenvalue weighted by atomic mass is 9.89. The molecule has 0 fully saturated rings. The molecule has 0 aliphatic carbocycles.